The lowest BCUT2D eigenvalue weighted by atomic mass is 9.92. The first-order valence-electron chi connectivity index (χ1n) is 6.71. The van der Waals surface area contributed by atoms with E-state index >= 15 is 0 Å². The third kappa shape index (κ3) is 10.5. The van der Waals surface area contributed by atoms with Gasteiger partial charge in [-0.15, -0.1) is 0 Å². The van der Waals surface area contributed by atoms with E-state index in [0.717, 1.165) is 6.42 Å². The van der Waals surface area contributed by atoms with Crippen LogP contribution in [0.2, 0.25) is 0 Å². The molecule has 0 aromatic rings. The molecule has 0 aliphatic carbocycles. The van der Waals surface area contributed by atoms with E-state index in [-0.39, 0.29) is 17.9 Å². The zero-order valence-electron chi connectivity index (χ0n) is 12.7. The number of hydrogen-bond donors (Lipinski definition) is 2. The summed E-state index contributed by atoms with van der Waals surface area (Å²) in [5, 5.41) is 11.5. The van der Waals surface area contributed by atoms with Crippen LogP contribution in [0.1, 0.15) is 47.5 Å². The summed E-state index contributed by atoms with van der Waals surface area (Å²) < 4.78 is 5.30. The van der Waals surface area contributed by atoms with Crippen molar-refractivity contribution in [3.63, 3.8) is 0 Å². The van der Waals surface area contributed by atoms with Gasteiger partial charge in [-0.3, -0.25) is 4.79 Å². The van der Waals surface area contributed by atoms with Crippen LogP contribution in [0.3, 0.4) is 0 Å². The molecule has 0 saturated carbocycles. The Morgan fingerprint density at radius 1 is 1.26 bits per heavy atom. The van der Waals surface area contributed by atoms with E-state index in [0.29, 0.717) is 18.9 Å². The van der Waals surface area contributed by atoms with Gasteiger partial charge in [0.1, 0.15) is 0 Å². The summed E-state index contributed by atoms with van der Waals surface area (Å²) in [5.74, 6) is -0.807. The zero-order chi connectivity index (χ0) is 15.1. The largest absolute Gasteiger partial charge is 0.480 e. The highest BCUT2D eigenvalue weighted by Crippen LogP contribution is 2.17. The topological polar surface area (TPSA) is 75.6 Å². The van der Waals surface area contributed by atoms with Crippen molar-refractivity contribution in [2.45, 2.75) is 53.5 Å². The number of hydrogen-bond acceptors (Lipinski definition) is 3. The number of carbonyl (C=O) groups excluding carboxylic acids is 1. The maximum absolute atomic E-state index is 11.7. The molecule has 0 aliphatic rings. The first kappa shape index (κ1) is 17.9. The second-order valence-electron chi connectivity index (χ2n) is 6.45. The van der Waals surface area contributed by atoms with Gasteiger partial charge in [-0.05, 0) is 17.8 Å². The van der Waals surface area contributed by atoms with E-state index in [9.17, 15) is 9.59 Å². The number of rotatable bonds is 8. The van der Waals surface area contributed by atoms with Gasteiger partial charge in [-0.25, -0.2) is 4.79 Å². The van der Waals surface area contributed by atoms with Crippen LogP contribution in [0.4, 0.5) is 0 Å². The lowest BCUT2D eigenvalue weighted by molar-refractivity contribution is -0.144. The fraction of sp³-hybridized carbons (Fsp3) is 0.857. The molecule has 5 heteroatoms. The molecule has 0 radical (unpaired) electrons. The van der Waals surface area contributed by atoms with Crippen molar-refractivity contribution in [2.24, 2.45) is 11.3 Å². The lowest BCUT2D eigenvalue weighted by Crippen LogP contribution is -2.45. The van der Waals surface area contributed by atoms with Gasteiger partial charge in [0.15, 0.2) is 6.04 Å². The smallest absolute Gasteiger partial charge is 0.328 e. The zero-order valence-corrected chi connectivity index (χ0v) is 12.7. The molecule has 1 atom stereocenters. The van der Waals surface area contributed by atoms with Crippen molar-refractivity contribution >= 4 is 11.9 Å². The lowest BCUT2D eigenvalue weighted by Gasteiger charge is -2.20. The van der Waals surface area contributed by atoms with E-state index in [1.54, 1.807) is 0 Å². The second kappa shape index (κ2) is 8.15. The molecule has 1 amide bonds. The van der Waals surface area contributed by atoms with Crippen molar-refractivity contribution in [1.82, 2.24) is 5.32 Å². The van der Waals surface area contributed by atoms with E-state index in [1.165, 1.54) is 0 Å². The molecule has 112 valence electrons. The van der Waals surface area contributed by atoms with Crippen molar-refractivity contribution in [1.29, 1.82) is 0 Å². The van der Waals surface area contributed by atoms with Crippen LogP contribution in [0.25, 0.3) is 0 Å². The molecule has 2 N–H and O–H groups in total. The van der Waals surface area contributed by atoms with Crippen molar-refractivity contribution in [3.05, 3.63) is 0 Å². The standard InChI is InChI=1S/C14H27NO4/c1-10(2)6-7-19-9-11(13(17)18)15-12(16)8-14(3,4)5/h10-11H,6-9H2,1-5H3,(H,15,16)(H,17,18)/t11-/m1/s1. The van der Waals surface area contributed by atoms with E-state index in [1.807, 2.05) is 20.8 Å². The Bertz CT molecular complexity index is 294. The normalized spacial score (nSPS) is 13.4. The summed E-state index contributed by atoms with van der Waals surface area (Å²) in [4.78, 5) is 22.7. The fourth-order valence-corrected chi connectivity index (χ4v) is 1.42. The average molecular weight is 273 g/mol. The number of amides is 1. The van der Waals surface area contributed by atoms with Gasteiger partial charge in [0, 0.05) is 13.0 Å². The summed E-state index contributed by atoms with van der Waals surface area (Å²) in [6.07, 6.45) is 1.17. The molecule has 0 fully saturated rings. The monoisotopic (exact) mass is 273 g/mol. The first-order chi connectivity index (χ1) is 8.61. The van der Waals surface area contributed by atoms with Crippen molar-refractivity contribution < 1.29 is 19.4 Å². The van der Waals surface area contributed by atoms with Gasteiger partial charge in [0.2, 0.25) is 5.91 Å². The highest BCUT2D eigenvalue weighted by atomic mass is 16.5. The third-order valence-corrected chi connectivity index (χ3v) is 2.45. The summed E-state index contributed by atoms with van der Waals surface area (Å²) in [5.41, 5.74) is -0.161. The molecule has 0 bridgehead atoms. The summed E-state index contributed by atoms with van der Waals surface area (Å²) >= 11 is 0. The summed E-state index contributed by atoms with van der Waals surface area (Å²) in [6, 6.07) is -0.970. The molecule has 0 unspecified atom stereocenters. The minimum atomic E-state index is -1.06. The molecule has 0 saturated heterocycles. The minimum Gasteiger partial charge on any atom is -0.480 e. The van der Waals surface area contributed by atoms with Crippen LogP contribution in [0.15, 0.2) is 0 Å². The Kier molecular flexibility index (Phi) is 7.68. The van der Waals surface area contributed by atoms with Crippen LogP contribution < -0.4 is 5.32 Å². The van der Waals surface area contributed by atoms with Crippen LogP contribution in [-0.4, -0.2) is 36.2 Å². The van der Waals surface area contributed by atoms with Crippen LogP contribution in [0, 0.1) is 11.3 Å². The molecular formula is C14H27NO4. The molecule has 0 rings (SSSR count). The molecular weight excluding hydrogens is 246 g/mol. The molecule has 0 aliphatic heterocycles. The van der Waals surface area contributed by atoms with Crippen LogP contribution in [-0.2, 0) is 14.3 Å². The Morgan fingerprint density at radius 2 is 1.84 bits per heavy atom. The number of carboxylic acid groups (broad SMARTS) is 1. The van der Waals surface area contributed by atoms with Crippen LogP contribution >= 0.6 is 0 Å². The van der Waals surface area contributed by atoms with Crippen LogP contribution in [0.5, 0.6) is 0 Å². The van der Waals surface area contributed by atoms with Gasteiger partial charge in [0.05, 0.1) is 6.61 Å². The Balaban J connectivity index is 4.12. The van der Waals surface area contributed by atoms with Crippen molar-refractivity contribution in [2.75, 3.05) is 13.2 Å². The predicted octanol–water partition coefficient (Wildman–Crippen LogP) is 2.05. The Labute approximate surface area is 115 Å². The first-order valence-corrected chi connectivity index (χ1v) is 6.71. The highest BCUT2D eigenvalue weighted by molar-refractivity contribution is 5.83. The number of nitrogens with one attached hydrogen (secondary N) is 1. The maximum atomic E-state index is 11.7. The second-order valence-corrected chi connectivity index (χ2v) is 6.45. The van der Waals surface area contributed by atoms with Gasteiger partial charge < -0.3 is 15.2 Å². The van der Waals surface area contributed by atoms with E-state index < -0.39 is 12.0 Å². The summed E-state index contributed by atoms with van der Waals surface area (Å²) in [7, 11) is 0. The summed E-state index contributed by atoms with van der Waals surface area (Å²) in [6.45, 7) is 10.5. The Morgan fingerprint density at radius 3 is 2.26 bits per heavy atom. The number of carboxylic acids is 1. The number of ether oxygens (including phenoxy) is 1. The van der Waals surface area contributed by atoms with E-state index in [2.05, 4.69) is 19.2 Å². The number of carbonyl (C=O) groups is 2. The average Bonchev–Trinajstić information content (AvgIpc) is 2.19. The number of aliphatic carboxylic acids is 1. The predicted molar refractivity (Wildman–Crippen MR) is 73.9 cm³/mol. The van der Waals surface area contributed by atoms with E-state index in [4.69, 9.17) is 9.84 Å². The van der Waals surface area contributed by atoms with Gasteiger partial charge in [-0.2, -0.15) is 0 Å². The SMILES string of the molecule is CC(C)CCOC[C@@H](NC(=O)CC(C)(C)C)C(=O)O. The molecule has 0 spiro atoms. The maximum Gasteiger partial charge on any atom is 0.328 e. The molecule has 0 aromatic carbocycles. The third-order valence-electron chi connectivity index (χ3n) is 2.45. The fourth-order valence-electron chi connectivity index (χ4n) is 1.42. The van der Waals surface area contributed by atoms with Gasteiger partial charge >= 0.3 is 5.97 Å². The molecule has 19 heavy (non-hydrogen) atoms. The minimum absolute atomic E-state index is 0.0118. The van der Waals surface area contributed by atoms with Crippen molar-refractivity contribution in [3.8, 4) is 0 Å². The van der Waals surface area contributed by atoms with Gasteiger partial charge in [0.25, 0.3) is 0 Å². The Hall–Kier alpha value is -1.10. The molecule has 0 aromatic heterocycles. The quantitative estimate of drug-likeness (QED) is 0.664. The van der Waals surface area contributed by atoms with Gasteiger partial charge in [-0.1, -0.05) is 34.6 Å². The highest BCUT2D eigenvalue weighted by Gasteiger charge is 2.23. The molecule has 5 nitrogen and oxygen atoms in total. The molecule has 0 heterocycles.